The molecule has 0 aliphatic heterocycles. The monoisotopic (exact) mass is 268 g/mol. The SMILES string of the molecule is CC(C)(C)c1nn(I)c(=O)o1. The van der Waals surface area contributed by atoms with Crippen molar-refractivity contribution in [3.63, 3.8) is 0 Å². The highest BCUT2D eigenvalue weighted by atomic mass is 127. The van der Waals surface area contributed by atoms with Crippen LogP contribution in [0.15, 0.2) is 9.21 Å². The molecule has 0 spiro atoms. The van der Waals surface area contributed by atoms with E-state index in [9.17, 15) is 4.79 Å². The van der Waals surface area contributed by atoms with Gasteiger partial charge in [0.05, 0.1) is 22.9 Å². The maximum atomic E-state index is 10.8. The van der Waals surface area contributed by atoms with Gasteiger partial charge in [-0.2, -0.15) is 0 Å². The van der Waals surface area contributed by atoms with Gasteiger partial charge in [0.15, 0.2) is 0 Å². The lowest BCUT2D eigenvalue weighted by Gasteiger charge is -2.10. The summed E-state index contributed by atoms with van der Waals surface area (Å²) in [5.41, 5.74) is -0.199. The molecular formula is C6H9IN2O2. The molecule has 0 aliphatic rings. The Kier molecular flexibility index (Phi) is 2.08. The van der Waals surface area contributed by atoms with E-state index in [-0.39, 0.29) is 5.41 Å². The van der Waals surface area contributed by atoms with Crippen LogP contribution in [0.2, 0.25) is 0 Å². The standard InChI is InChI=1S/C6H9IN2O2/c1-6(2,3)4-8-9(7)5(10)11-4/h1-3H3. The van der Waals surface area contributed by atoms with Crippen LogP contribution in [0, 0.1) is 0 Å². The normalized spacial score (nSPS) is 12.0. The second kappa shape index (κ2) is 2.62. The highest BCUT2D eigenvalue weighted by Gasteiger charge is 2.21. The van der Waals surface area contributed by atoms with Crippen LogP contribution in [0.25, 0.3) is 0 Å². The van der Waals surface area contributed by atoms with E-state index < -0.39 is 5.76 Å². The average molecular weight is 268 g/mol. The topological polar surface area (TPSA) is 48.0 Å². The van der Waals surface area contributed by atoms with Crippen molar-refractivity contribution < 1.29 is 4.42 Å². The van der Waals surface area contributed by atoms with Crippen LogP contribution in [0.3, 0.4) is 0 Å². The zero-order chi connectivity index (χ0) is 8.65. The van der Waals surface area contributed by atoms with Crippen molar-refractivity contribution in [3.05, 3.63) is 16.4 Å². The first-order valence-corrected chi connectivity index (χ1v) is 4.14. The minimum atomic E-state index is -0.421. The van der Waals surface area contributed by atoms with Gasteiger partial charge in [-0.05, 0) is 0 Å². The lowest BCUT2D eigenvalue weighted by Crippen LogP contribution is -2.11. The summed E-state index contributed by atoms with van der Waals surface area (Å²) in [5.74, 6) is 0.0485. The Morgan fingerprint density at radius 3 is 2.27 bits per heavy atom. The molecule has 0 amide bonds. The van der Waals surface area contributed by atoms with Crippen molar-refractivity contribution in [2.24, 2.45) is 0 Å². The molecule has 0 unspecified atom stereocenters. The van der Waals surface area contributed by atoms with Crippen LogP contribution in [0.1, 0.15) is 26.7 Å². The highest BCUT2D eigenvalue weighted by molar-refractivity contribution is 14.1. The van der Waals surface area contributed by atoms with Crippen LogP contribution in [-0.4, -0.2) is 7.99 Å². The third kappa shape index (κ3) is 1.82. The minimum absolute atomic E-state index is 0.199. The fraction of sp³-hybridized carbons (Fsp3) is 0.667. The van der Waals surface area contributed by atoms with Gasteiger partial charge in [0.1, 0.15) is 0 Å². The van der Waals surface area contributed by atoms with Gasteiger partial charge in [-0.3, -0.25) is 0 Å². The lowest BCUT2D eigenvalue weighted by molar-refractivity contribution is 0.376. The maximum absolute atomic E-state index is 10.8. The van der Waals surface area contributed by atoms with Crippen LogP contribution in [0.5, 0.6) is 0 Å². The molecule has 5 heteroatoms. The molecular weight excluding hydrogens is 259 g/mol. The molecule has 62 valence electrons. The second-order valence-corrected chi connectivity index (χ2v) is 4.20. The smallest absolute Gasteiger partial charge is 0.391 e. The predicted molar refractivity (Wildman–Crippen MR) is 48.9 cm³/mol. The molecule has 0 saturated heterocycles. The van der Waals surface area contributed by atoms with Crippen LogP contribution < -0.4 is 5.76 Å². The van der Waals surface area contributed by atoms with Gasteiger partial charge in [0.2, 0.25) is 5.89 Å². The van der Waals surface area contributed by atoms with Crippen molar-refractivity contribution >= 4 is 22.9 Å². The number of hydrogen-bond acceptors (Lipinski definition) is 3. The van der Waals surface area contributed by atoms with Gasteiger partial charge >= 0.3 is 5.76 Å². The zero-order valence-electron chi connectivity index (χ0n) is 6.59. The van der Waals surface area contributed by atoms with E-state index in [2.05, 4.69) is 5.10 Å². The minimum Gasteiger partial charge on any atom is -0.391 e. The summed E-state index contributed by atoms with van der Waals surface area (Å²) in [6.45, 7) is 5.82. The van der Waals surface area contributed by atoms with Gasteiger partial charge in [-0.15, -0.1) is 7.99 Å². The molecule has 1 aromatic rings. The molecule has 0 atom stereocenters. The second-order valence-electron chi connectivity index (χ2n) is 3.28. The Morgan fingerprint density at radius 1 is 1.55 bits per heavy atom. The highest BCUT2D eigenvalue weighted by Crippen LogP contribution is 2.18. The van der Waals surface area contributed by atoms with Crippen LogP contribution in [0.4, 0.5) is 0 Å². The summed E-state index contributed by atoms with van der Waals surface area (Å²) >= 11 is 1.78. The average Bonchev–Trinajstić information content (AvgIpc) is 2.11. The number of aromatic nitrogens is 2. The number of rotatable bonds is 0. The Balaban J connectivity index is 3.18. The summed E-state index contributed by atoms with van der Waals surface area (Å²) in [5, 5.41) is 3.91. The van der Waals surface area contributed by atoms with E-state index in [0.29, 0.717) is 5.89 Å². The maximum Gasteiger partial charge on any atom is 0.446 e. The number of hydrogen-bond donors (Lipinski definition) is 0. The van der Waals surface area contributed by atoms with E-state index in [4.69, 9.17) is 4.42 Å². The summed E-state index contributed by atoms with van der Waals surface area (Å²) < 4.78 is 6.03. The first kappa shape index (κ1) is 8.76. The molecule has 1 aromatic heterocycles. The fourth-order valence-corrected chi connectivity index (χ4v) is 0.859. The number of halogens is 1. The summed E-state index contributed by atoms with van der Waals surface area (Å²) in [7, 11) is 0. The molecule has 0 fully saturated rings. The Morgan fingerprint density at radius 2 is 2.09 bits per heavy atom. The summed E-state index contributed by atoms with van der Waals surface area (Å²) in [6, 6.07) is 0. The molecule has 0 saturated carbocycles. The zero-order valence-corrected chi connectivity index (χ0v) is 8.75. The van der Waals surface area contributed by atoms with Crippen molar-refractivity contribution in [1.82, 2.24) is 7.99 Å². The third-order valence-electron chi connectivity index (χ3n) is 1.15. The lowest BCUT2D eigenvalue weighted by atomic mass is 9.97. The van der Waals surface area contributed by atoms with E-state index in [1.165, 1.54) is 2.90 Å². The molecule has 11 heavy (non-hydrogen) atoms. The van der Waals surface area contributed by atoms with E-state index >= 15 is 0 Å². The molecule has 0 N–H and O–H groups in total. The van der Waals surface area contributed by atoms with E-state index in [1.807, 2.05) is 20.8 Å². The molecule has 4 nitrogen and oxygen atoms in total. The van der Waals surface area contributed by atoms with Gasteiger partial charge < -0.3 is 4.42 Å². The summed E-state index contributed by atoms with van der Waals surface area (Å²) in [6.07, 6.45) is 0. The largest absolute Gasteiger partial charge is 0.446 e. The Labute approximate surface area is 78.1 Å². The van der Waals surface area contributed by atoms with Gasteiger partial charge in [0, 0.05) is 5.41 Å². The van der Waals surface area contributed by atoms with Crippen LogP contribution in [-0.2, 0) is 5.41 Å². The van der Waals surface area contributed by atoms with Crippen molar-refractivity contribution in [2.75, 3.05) is 0 Å². The molecule has 1 heterocycles. The van der Waals surface area contributed by atoms with Crippen LogP contribution >= 0.6 is 22.9 Å². The first-order valence-electron chi connectivity index (χ1n) is 3.18. The van der Waals surface area contributed by atoms with E-state index in [1.54, 1.807) is 22.9 Å². The molecule has 0 aliphatic carbocycles. The molecule has 0 aromatic carbocycles. The Bertz CT molecular complexity index is 307. The van der Waals surface area contributed by atoms with Gasteiger partial charge in [-0.1, -0.05) is 20.8 Å². The van der Waals surface area contributed by atoms with Gasteiger partial charge in [0.25, 0.3) is 0 Å². The fourth-order valence-electron chi connectivity index (χ4n) is 0.564. The summed E-state index contributed by atoms with van der Waals surface area (Å²) in [4.78, 5) is 10.8. The first-order chi connectivity index (χ1) is 4.91. The number of nitrogens with zero attached hydrogens (tertiary/aromatic N) is 2. The van der Waals surface area contributed by atoms with Crippen molar-refractivity contribution in [1.29, 1.82) is 0 Å². The molecule has 0 bridgehead atoms. The van der Waals surface area contributed by atoms with Crippen molar-refractivity contribution in [2.45, 2.75) is 26.2 Å². The Hall–Kier alpha value is -0.330. The van der Waals surface area contributed by atoms with Gasteiger partial charge in [-0.25, -0.2) is 4.79 Å². The third-order valence-corrected chi connectivity index (χ3v) is 1.76. The molecule has 1 rings (SSSR count). The van der Waals surface area contributed by atoms with Crippen molar-refractivity contribution in [3.8, 4) is 0 Å². The quantitative estimate of drug-likeness (QED) is 0.667. The predicted octanol–water partition coefficient (Wildman–Crippen LogP) is 1.33. The molecule has 0 radical (unpaired) electrons. The van der Waals surface area contributed by atoms with E-state index in [0.717, 1.165) is 0 Å².